The summed E-state index contributed by atoms with van der Waals surface area (Å²) in [6, 6.07) is 18.7. The molecule has 2 aromatic rings. The molecule has 0 saturated heterocycles. The molecular weight excluding hydrogens is 322 g/mol. The van der Waals surface area contributed by atoms with Crippen LogP contribution in [0.3, 0.4) is 0 Å². The van der Waals surface area contributed by atoms with E-state index in [4.69, 9.17) is 5.73 Å². The Morgan fingerprint density at radius 3 is 2.12 bits per heavy atom. The highest BCUT2D eigenvalue weighted by Gasteiger charge is 2.13. The summed E-state index contributed by atoms with van der Waals surface area (Å²) in [5, 5.41) is 0. The van der Waals surface area contributed by atoms with Crippen LogP contribution in [0, 0.1) is 0 Å². The minimum Gasteiger partial charge on any atom is -0.329 e. The molecule has 0 heterocycles. The molecule has 0 spiro atoms. The molecule has 2 aromatic carbocycles. The van der Waals surface area contributed by atoms with Crippen molar-refractivity contribution in [1.29, 1.82) is 0 Å². The SMILES string of the molecule is NCCN(CCNS(=O)(=O)c1ccccc1)CCc1ccccc1. The Hall–Kier alpha value is -1.73. The van der Waals surface area contributed by atoms with Gasteiger partial charge in [0.1, 0.15) is 0 Å². The highest BCUT2D eigenvalue weighted by Crippen LogP contribution is 2.07. The number of benzene rings is 2. The first-order valence-electron chi connectivity index (χ1n) is 8.13. The van der Waals surface area contributed by atoms with Gasteiger partial charge in [0.2, 0.25) is 10.0 Å². The molecule has 0 unspecified atom stereocenters. The third kappa shape index (κ3) is 6.05. The van der Waals surface area contributed by atoms with E-state index >= 15 is 0 Å². The second-order valence-electron chi connectivity index (χ2n) is 5.58. The number of sulfonamides is 1. The molecular formula is C18H25N3O2S. The summed E-state index contributed by atoms with van der Waals surface area (Å²) < 4.78 is 27.0. The molecule has 0 aromatic heterocycles. The van der Waals surface area contributed by atoms with E-state index in [1.807, 2.05) is 18.2 Å². The van der Waals surface area contributed by atoms with Crippen molar-refractivity contribution in [3.63, 3.8) is 0 Å². The van der Waals surface area contributed by atoms with Gasteiger partial charge in [-0.3, -0.25) is 0 Å². The van der Waals surface area contributed by atoms with E-state index in [0.717, 1.165) is 19.5 Å². The summed E-state index contributed by atoms with van der Waals surface area (Å²) in [6.07, 6.45) is 0.923. The maximum absolute atomic E-state index is 12.2. The molecule has 2 rings (SSSR count). The second-order valence-corrected chi connectivity index (χ2v) is 7.34. The maximum atomic E-state index is 12.2. The first-order valence-corrected chi connectivity index (χ1v) is 9.61. The Bertz CT molecular complexity index is 691. The van der Waals surface area contributed by atoms with E-state index in [1.165, 1.54) is 5.56 Å². The third-order valence-electron chi connectivity index (χ3n) is 3.78. The lowest BCUT2D eigenvalue weighted by atomic mass is 10.1. The van der Waals surface area contributed by atoms with Crippen LogP contribution in [0.1, 0.15) is 5.56 Å². The topological polar surface area (TPSA) is 75.4 Å². The minimum absolute atomic E-state index is 0.291. The van der Waals surface area contributed by atoms with Gasteiger partial charge < -0.3 is 10.6 Å². The normalized spacial score (nSPS) is 11.8. The average molecular weight is 347 g/mol. The zero-order valence-corrected chi connectivity index (χ0v) is 14.6. The fourth-order valence-electron chi connectivity index (χ4n) is 2.47. The zero-order valence-electron chi connectivity index (χ0n) is 13.8. The van der Waals surface area contributed by atoms with Crippen LogP contribution in [-0.2, 0) is 16.4 Å². The van der Waals surface area contributed by atoms with Crippen LogP contribution in [0.25, 0.3) is 0 Å². The third-order valence-corrected chi connectivity index (χ3v) is 5.26. The molecule has 6 heteroatoms. The molecule has 130 valence electrons. The molecule has 0 radical (unpaired) electrons. The Labute approximate surface area is 144 Å². The lowest BCUT2D eigenvalue weighted by Crippen LogP contribution is -2.38. The van der Waals surface area contributed by atoms with Crippen molar-refractivity contribution in [1.82, 2.24) is 9.62 Å². The zero-order chi connectivity index (χ0) is 17.3. The standard InChI is InChI=1S/C18H25N3O2S/c19-12-15-21(14-11-17-7-3-1-4-8-17)16-13-20-24(22,23)18-9-5-2-6-10-18/h1-10,20H,11-16,19H2. The number of nitrogens with zero attached hydrogens (tertiary/aromatic N) is 1. The molecule has 0 aliphatic heterocycles. The minimum atomic E-state index is -3.45. The van der Waals surface area contributed by atoms with Crippen LogP contribution in [0.4, 0.5) is 0 Å². The van der Waals surface area contributed by atoms with E-state index in [0.29, 0.717) is 24.5 Å². The Balaban J connectivity index is 1.83. The van der Waals surface area contributed by atoms with Gasteiger partial charge in [-0.1, -0.05) is 48.5 Å². The monoisotopic (exact) mass is 347 g/mol. The summed E-state index contributed by atoms with van der Waals surface area (Å²) in [5.74, 6) is 0. The maximum Gasteiger partial charge on any atom is 0.240 e. The summed E-state index contributed by atoms with van der Waals surface area (Å²) in [7, 11) is -3.45. The van der Waals surface area contributed by atoms with Gasteiger partial charge in [0, 0.05) is 32.7 Å². The van der Waals surface area contributed by atoms with Crippen LogP contribution in [0.5, 0.6) is 0 Å². The number of hydrogen-bond acceptors (Lipinski definition) is 4. The van der Waals surface area contributed by atoms with Gasteiger partial charge in [0.05, 0.1) is 4.90 Å². The largest absolute Gasteiger partial charge is 0.329 e. The highest BCUT2D eigenvalue weighted by molar-refractivity contribution is 7.89. The van der Waals surface area contributed by atoms with Crippen LogP contribution in [0.2, 0.25) is 0 Å². The fraction of sp³-hybridized carbons (Fsp3) is 0.333. The molecule has 0 fully saturated rings. The Morgan fingerprint density at radius 1 is 0.875 bits per heavy atom. The van der Waals surface area contributed by atoms with E-state index in [2.05, 4.69) is 21.8 Å². The van der Waals surface area contributed by atoms with Gasteiger partial charge in [-0.2, -0.15) is 0 Å². The van der Waals surface area contributed by atoms with Crippen LogP contribution in [-0.4, -0.2) is 46.0 Å². The van der Waals surface area contributed by atoms with Crippen molar-refractivity contribution in [3.05, 3.63) is 66.2 Å². The Morgan fingerprint density at radius 2 is 1.50 bits per heavy atom. The molecule has 0 bridgehead atoms. The number of hydrogen-bond donors (Lipinski definition) is 2. The Kier molecular flexibility index (Phi) is 7.39. The lowest BCUT2D eigenvalue weighted by Gasteiger charge is -2.21. The smallest absolute Gasteiger partial charge is 0.240 e. The van der Waals surface area contributed by atoms with Crippen LogP contribution < -0.4 is 10.5 Å². The summed E-state index contributed by atoms with van der Waals surface area (Å²) in [4.78, 5) is 2.47. The van der Waals surface area contributed by atoms with E-state index in [1.54, 1.807) is 30.3 Å². The molecule has 0 saturated carbocycles. The first-order chi connectivity index (χ1) is 11.6. The molecule has 3 N–H and O–H groups in total. The number of rotatable bonds is 10. The molecule has 0 atom stereocenters. The van der Waals surface area contributed by atoms with Crippen molar-refractivity contribution in [2.75, 3.05) is 32.7 Å². The van der Waals surface area contributed by atoms with Crippen molar-refractivity contribution in [2.45, 2.75) is 11.3 Å². The summed E-state index contributed by atoms with van der Waals surface area (Å²) >= 11 is 0. The summed E-state index contributed by atoms with van der Waals surface area (Å²) in [6.45, 7) is 3.16. The predicted molar refractivity (Wildman–Crippen MR) is 97.3 cm³/mol. The van der Waals surface area contributed by atoms with Gasteiger partial charge in [0.15, 0.2) is 0 Å². The molecule has 0 aliphatic rings. The fourth-order valence-corrected chi connectivity index (χ4v) is 3.51. The van der Waals surface area contributed by atoms with Gasteiger partial charge in [0.25, 0.3) is 0 Å². The summed E-state index contributed by atoms with van der Waals surface area (Å²) in [5.41, 5.74) is 6.93. The number of nitrogens with two attached hydrogens (primary N) is 1. The van der Waals surface area contributed by atoms with Crippen molar-refractivity contribution in [2.24, 2.45) is 5.73 Å². The van der Waals surface area contributed by atoms with Gasteiger partial charge in [-0.05, 0) is 24.1 Å². The molecule has 24 heavy (non-hydrogen) atoms. The van der Waals surface area contributed by atoms with Crippen molar-refractivity contribution in [3.8, 4) is 0 Å². The molecule has 0 aliphatic carbocycles. The average Bonchev–Trinajstić information content (AvgIpc) is 2.61. The van der Waals surface area contributed by atoms with E-state index in [-0.39, 0.29) is 0 Å². The predicted octanol–water partition coefficient (Wildman–Crippen LogP) is 1.47. The van der Waals surface area contributed by atoms with Gasteiger partial charge in [-0.15, -0.1) is 0 Å². The first kappa shape index (κ1) is 18.6. The highest BCUT2D eigenvalue weighted by atomic mass is 32.2. The van der Waals surface area contributed by atoms with Crippen LogP contribution in [0.15, 0.2) is 65.6 Å². The molecule has 0 amide bonds. The van der Waals surface area contributed by atoms with Gasteiger partial charge >= 0.3 is 0 Å². The van der Waals surface area contributed by atoms with Crippen LogP contribution >= 0.6 is 0 Å². The quantitative estimate of drug-likeness (QED) is 0.682. The lowest BCUT2D eigenvalue weighted by molar-refractivity contribution is 0.289. The number of nitrogens with one attached hydrogen (secondary N) is 1. The van der Waals surface area contributed by atoms with Gasteiger partial charge in [-0.25, -0.2) is 13.1 Å². The van der Waals surface area contributed by atoms with E-state index < -0.39 is 10.0 Å². The van der Waals surface area contributed by atoms with E-state index in [9.17, 15) is 8.42 Å². The van der Waals surface area contributed by atoms with Crippen molar-refractivity contribution < 1.29 is 8.42 Å². The molecule has 5 nitrogen and oxygen atoms in total. The second kappa shape index (κ2) is 9.54. The van der Waals surface area contributed by atoms with Crippen molar-refractivity contribution >= 4 is 10.0 Å².